The Morgan fingerprint density at radius 1 is 1.07 bits per heavy atom. The molecule has 0 amide bonds. The summed E-state index contributed by atoms with van der Waals surface area (Å²) in [5, 5.41) is 0. The third-order valence-corrected chi connectivity index (χ3v) is 8.47. The number of hydrogen-bond donors (Lipinski definition) is 0. The molecule has 4 heteroatoms. The Balaban J connectivity index is 1.91. The van der Waals surface area contributed by atoms with E-state index in [-0.39, 0.29) is 23.4 Å². The number of rotatable bonds is 7. The molecule has 2 aliphatic rings. The molecule has 0 spiro atoms. The number of carbonyl (C=O) groups is 2. The fourth-order valence-corrected chi connectivity index (χ4v) is 5.45. The summed E-state index contributed by atoms with van der Waals surface area (Å²) in [4.78, 5) is 25.4. The van der Waals surface area contributed by atoms with Crippen molar-refractivity contribution in [2.24, 2.45) is 33.5 Å². The lowest BCUT2D eigenvalue weighted by Gasteiger charge is -2.53. The third-order valence-electron chi connectivity index (χ3n) is 8.47. The predicted octanol–water partition coefficient (Wildman–Crippen LogP) is 5.78. The van der Waals surface area contributed by atoms with Gasteiger partial charge in [-0.2, -0.15) is 0 Å². The molecule has 0 aromatic rings. The Hall–Kier alpha value is -1.06. The average molecular weight is 395 g/mol. The molecular formula is C24H42O4. The summed E-state index contributed by atoms with van der Waals surface area (Å²) in [6, 6.07) is 0. The van der Waals surface area contributed by atoms with E-state index in [4.69, 9.17) is 9.47 Å². The van der Waals surface area contributed by atoms with Crippen LogP contribution in [0.15, 0.2) is 0 Å². The number of ether oxygens (including phenoxy) is 2. The van der Waals surface area contributed by atoms with E-state index in [9.17, 15) is 9.59 Å². The quantitative estimate of drug-likeness (QED) is 0.514. The van der Waals surface area contributed by atoms with Crippen LogP contribution in [0.1, 0.15) is 94.9 Å². The molecule has 28 heavy (non-hydrogen) atoms. The molecule has 2 atom stereocenters. The Morgan fingerprint density at radius 3 is 2.00 bits per heavy atom. The van der Waals surface area contributed by atoms with E-state index >= 15 is 0 Å². The van der Waals surface area contributed by atoms with Gasteiger partial charge in [0.25, 0.3) is 0 Å². The van der Waals surface area contributed by atoms with Crippen LogP contribution < -0.4 is 0 Å². The highest BCUT2D eigenvalue weighted by molar-refractivity contribution is 5.85. The Labute approximate surface area is 172 Å². The molecule has 0 aromatic carbocycles. The van der Waals surface area contributed by atoms with E-state index < -0.39 is 17.0 Å². The van der Waals surface area contributed by atoms with Crippen molar-refractivity contribution in [1.29, 1.82) is 0 Å². The first-order chi connectivity index (χ1) is 12.5. The van der Waals surface area contributed by atoms with Crippen molar-refractivity contribution in [2.45, 2.75) is 101 Å². The summed E-state index contributed by atoms with van der Waals surface area (Å²) >= 11 is 0. The molecule has 2 saturated carbocycles. The predicted molar refractivity (Wildman–Crippen MR) is 112 cm³/mol. The van der Waals surface area contributed by atoms with Gasteiger partial charge in [-0.05, 0) is 67.6 Å². The van der Waals surface area contributed by atoms with Crippen LogP contribution in [-0.4, -0.2) is 24.1 Å². The van der Waals surface area contributed by atoms with Gasteiger partial charge in [0.1, 0.15) is 5.60 Å². The van der Waals surface area contributed by atoms with Gasteiger partial charge in [0.15, 0.2) is 6.61 Å². The maximum Gasteiger partial charge on any atom is 0.344 e. The summed E-state index contributed by atoms with van der Waals surface area (Å²) in [5.74, 6) is 0.276. The van der Waals surface area contributed by atoms with Crippen molar-refractivity contribution in [3.05, 3.63) is 0 Å². The molecule has 162 valence electrons. The minimum absolute atomic E-state index is 0.0568. The van der Waals surface area contributed by atoms with Gasteiger partial charge < -0.3 is 9.47 Å². The van der Waals surface area contributed by atoms with Crippen molar-refractivity contribution in [3.8, 4) is 0 Å². The van der Waals surface area contributed by atoms with Crippen LogP contribution >= 0.6 is 0 Å². The van der Waals surface area contributed by atoms with Crippen LogP contribution in [0.4, 0.5) is 0 Å². The lowest BCUT2D eigenvalue weighted by molar-refractivity contribution is -0.184. The van der Waals surface area contributed by atoms with E-state index in [0.29, 0.717) is 17.3 Å². The van der Waals surface area contributed by atoms with Crippen LogP contribution in [0.25, 0.3) is 0 Å². The summed E-state index contributed by atoms with van der Waals surface area (Å²) in [5.41, 5.74) is -0.977. The minimum atomic E-state index is -0.531. The fraction of sp³-hybridized carbons (Fsp3) is 0.917. The van der Waals surface area contributed by atoms with Gasteiger partial charge in [-0.15, -0.1) is 0 Å². The molecule has 0 aliphatic heterocycles. The summed E-state index contributed by atoms with van der Waals surface area (Å²) in [6.45, 7) is 21.0. The zero-order valence-corrected chi connectivity index (χ0v) is 19.8. The molecule has 0 heterocycles. The lowest BCUT2D eigenvalue weighted by atomic mass is 9.54. The SMILES string of the molecule is CCC1(C)CC1(C(=O)OCC(=O)OC(C)(C)C1CC(C)(C(C)C)C1)C(C)(C)C. The number of esters is 2. The van der Waals surface area contributed by atoms with E-state index in [1.165, 1.54) is 0 Å². The normalized spacial score (nSPS) is 35.3. The van der Waals surface area contributed by atoms with E-state index in [1.54, 1.807) is 0 Å². The van der Waals surface area contributed by atoms with Gasteiger partial charge in [0.2, 0.25) is 0 Å². The highest BCUT2D eigenvalue weighted by atomic mass is 16.6. The zero-order chi connectivity index (χ0) is 21.8. The molecule has 0 radical (unpaired) electrons. The molecule has 0 bridgehead atoms. The maximum atomic E-state index is 12.9. The Morgan fingerprint density at radius 2 is 1.61 bits per heavy atom. The first kappa shape index (κ1) is 23.2. The van der Waals surface area contributed by atoms with E-state index in [2.05, 4.69) is 55.4 Å². The minimum Gasteiger partial charge on any atom is -0.457 e. The smallest absolute Gasteiger partial charge is 0.344 e. The van der Waals surface area contributed by atoms with Crippen LogP contribution in [0.5, 0.6) is 0 Å². The van der Waals surface area contributed by atoms with Crippen LogP contribution in [0.3, 0.4) is 0 Å². The van der Waals surface area contributed by atoms with Crippen molar-refractivity contribution >= 4 is 11.9 Å². The van der Waals surface area contributed by atoms with Crippen LogP contribution in [-0.2, 0) is 19.1 Å². The van der Waals surface area contributed by atoms with Gasteiger partial charge >= 0.3 is 11.9 Å². The molecule has 0 N–H and O–H groups in total. The molecule has 2 unspecified atom stereocenters. The monoisotopic (exact) mass is 394 g/mol. The molecular weight excluding hydrogens is 352 g/mol. The van der Waals surface area contributed by atoms with Crippen molar-refractivity contribution in [2.75, 3.05) is 6.61 Å². The number of hydrogen-bond acceptors (Lipinski definition) is 4. The second kappa shape index (κ2) is 7.02. The molecule has 0 aromatic heterocycles. The standard InChI is InChI=1S/C24H42O4/c1-11-23(10)15-24(23,20(4,5)6)19(26)27-14-18(25)28-21(7,8)17-12-22(9,13-17)16(2)3/h16-17H,11-15H2,1-10H3. The number of carbonyl (C=O) groups excluding carboxylic acids is 2. The van der Waals surface area contributed by atoms with E-state index in [0.717, 1.165) is 25.7 Å². The Kier molecular flexibility index (Phi) is 5.82. The van der Waals surface area contributed by atoms with E-state index in [1.807, 2.05) is 13.8 Å². The molecule has 0 saturated heterocycles. The molecule has 2 fully saturated rings. The van der Waals surface area contributed by atoms with Gasteiger partial charge in [0, 0.05) is 0 Å². The van der Waals surface area contributed by atoms with Gasteiger partial charge in [-0.3, -0.25) is 4.79 Å². The van der Waals surface area contributed by atoms with Crippen molar-refractivity contribution in [3.63, 3.8) is 0 Å². The maximum absolute atomic E-state index is 12.9. The third kappa shape index (κ3) is 3.73. The van der Waals surface area contributed by atoms with Gasteiger partial charge in [0.05, 0.1) is 5.41 Å². The molecule has 4 nitrogen and oxygen atoms in total. The summed E-state index contributed by atoms with van der Waals surface area (Å²) < 4.78 is 11.2. The van der Waals surface area contributed by atoms with Gasteiger partial charge in [-0.25, -0.2) is 4.79 Å². The fourth-order valence-electron chi connectivity index (χ4n) is 5.45. The Bertz CT molecular complexity index is 621. The van der Waals surface area contributed by atoms with Crippen LogP contribution in [0, 0.1) is 33.5 Å². The van der Waals surface area contributed by atoms with Crippen molar-refractivity contribution < 1.29 is 19.1 Å². The summed E-state index contributed by atoms with van der Waals surface area (Å²) in [7, 11) is 0. The second-order valence-corrected chi connectivity index (χ2v) is 11.8. The zero-order valence-electron chi connectivity index (χ0n) is 19.8. The average Bonchev–Trinajstić information content (AvgIpc) is 3.17. The van der Waals surface area contributed by atoms with Crippen molar-refractivity contribution in [1.82, 2.24) is 0 Å². The first-order valence-corrected chi connectivity index (χ1v) is 10.9. The highest BCUT2D eigenvalue weighted by Crippen LogP contribution is 2.73. The lowest BCUT2D eigenvalue weighted by Crippen LogP contribution is -2.50. The molecule has 2 rings (SSSR count). The second-order valence-electron chi connectivity index (χ2n) is 11.8. The largest absolute Gasteiger partial charge is 0.457 e. The first-order valence-electron chi connectivity index (χ1n) is 10.9. The van der Waals surface area contributed by atoms with Crippen LogP contribution in [0.2, 0.25) is 0 Å². The summed E-state index contributed by atoms with van der Waals surface area (Å²) in [6.07, 6.45) is 3.86. The molecule has 2 aliphatic carbocycles. The highest BCUT2D eigenvalue weighted by Gasteiger charge is 2.73. The van der Waals surface area contributed by atoms with Gasteiger partial charge in [-0.1, -0.05) is 55.4 Å². The topological polar surface area (TPSA) is 52.6 Å².